The lowest BCUT2D eigenvalue weighted by Gasteiger charge is -2.31. The number of likely N-dealkylation sites (N-methyl/N-ethyl adjacent to an activating group) is 1. The van der Waals surface area contributed by atoms with Crippen molar-refractivity contribution in [3.05, 3.63) is 41.9 Å². The minimum Gasteiger partial charge on any atom is -0.391 e. The molecule has 0 radical (unpaired) electrons. The van der Waals surface area contributed by atoms with Gasteiger partial charge >= 0.3 is 0 Å². The van der Waals surface area contributed by atoms with Gasteiger partial charge in [-0.3, -0.25) is 0 Å². The van der Waals surface area contributed by atoms with Crippen molar-refractivity contribution in [1.29, 1.82) is 0 Å². The quantitative estimate of drug-likeness (QED) is 0.684. The van der Waals surface area contributed by atoms with Crippen molar-refractivity contribution < 1.29 is 5.11 Å². The number of rotatable bonds is 6. The molecule has 7 nitrogen and oxygen atoms in total. The fourth-order valence-corrected chi connectivity index (χ4v) is 3.82. The van der Waals surface area contributed by atoms with Crippen LogP contribution in [0.3, 0.4) is 0 Å². The van der Waals surface area contributed by atoms with Crippen LogP contribution in [0.4, 0.5) is 11.8 Å². The summed E-state index contributed by atoms with van der Waals surface area (Å²) in [6, 6.07) is 8.13. The van der Waals surface area contributed by atoms with Gasteiger partial charge < -0.3 is 19.9 Å². The Morgan fingerprint density at radius 1 is 1.29 bits per heavy atom. The molecule has 0 aliphatic carbocycles. The number of hydrogen-bond acceptors (Lipinski definition) is 6. The molecule has 1 unspecified atom stereocenters. The van der Waals surface area contributed by atoms with Gasteiger partial charge in [0.25, 0.3) is 0 Å². The van der Waals surface area contributed by atoms with Crippen molar-refractivity contribution >= 4 is 22.8 Å². The molecule has 148 valence electrons. The van der Waals surface area contributed by atoms with Crippen molar-refractivity contribution in [2.24, 2.45) is 0 Å². The Morgan fingerprint density at radius 2 is 2.18 bits per heavy atom. The van der Waals surface area contributed by atoms with Crippen LogP contribution in [-0.2, 0) is 6.42 Å². The fourth-order valence-electron chi connectivity index (χ4n) is 3.82. The third-order valence-electron chi connectivity index (χ3n) is 5.40. The summed E-state index contributed by atoms with van der Waals surface area (Å²) in [6.45, 7) is 7.39. The summed E-state index contributed by atoms with van der Waals surface area (Å²) in [5.74, 6) is 2.60. The van der Waals surface area contributed by atoms with Crippen LogP contribution in [0, 0.1) is 6.92 Å². The molecule has 2 aromatic heterocycles. The number of nitrogens with one attached hydrogen (secondary N) is 1. The molecule has 3 heterocycles. The minimum absolute atomic E-state index is 0.272. The van der Waals surface area contributed by atoms with Crippen molar-refractivity contribution in [3.63, 3.8) is 0 Å². The second kappa shape index (κ2) is 8.14. The minimum atomic E-state index is -0.272. The van der Waals surface area contributed by atoms with Gasteiger partial charge in [-0.15, -0.1) is 0 Å². The monoisotopic (exact) mass is 380 g/mol. The third-order valence-corrected chi connectivity index (χ3v) is 5.40. The van der Waals surface area contributed by atoms with E-state index in [1.165, 1.54) is 5.56 Å². The Morgan fingerprint density at radius 3 is 2.96 bits per heavy atom. The normalized spacial score (nSPS) is 17.2. The first kappa shape index (κ1) is 18.7. The highest BCUT2D eigenvalue weighted by molar-refractivity contribution is 5.78. The number of β-amino-alcohol motifs (C(OH)–C–C–N with tert-alkyl or cyclic N) is 1. The van der Waals surface area contributed by atoms with Gasteiger partial charge in [0.15, 0.2) is 0 Å². The summed E-state index contributed by atoms with van der Waals surface area (Å²) < 4.78 is 0. The standard InChI is InChI=1S/C21H28N6O/c1-3-26(13-10-18-23-17-8-4-6-15(2)20(17)24-18)21-22-11-9-19(25-21)27-12-5-7-16(28)14-27/h4,6,8-9,11,16,28H,3,5,7,10,12-14H2,1-2H3,(H,23,24). The lowest BCUT2D eigenvalue weighted by molar-refractivity contribution is 0.154. The maximum atomic E-state index is 9.95. The Balaban J connectivity index is 1.47. The Bertz CT molecular complexity index is 940. The Hall–Kier alpha value is -2.67. The summed E-state index contributed by atoms with van der Waals surface area (Å²) >= 11 is 0. The predicted molar refractivity (Wildman–Crippen MR) is 112 cm³/mol. The van der Waals surface area contributed by atoms with Crippen LogP contribution in [-0.4, -0.2) is 57.3 Å². The van der Waals surface area contributed by atoms with Crippen LogP contribution in [0.15, 0.2) is 30.5 Å². The Labute approximate surface area is 165 Å². The van der Waals surface area contributed by atoms with Crippen LogP contribution in [0.2, 0.25) is 0 Å². The number of imidazole rings is 1. The number of aliphatic hydroxyl groups excluding tert-OH is 1. The van der Waals surface area contributed by atoms with Gasteiger partial charge in [0.05, 0.1) is 17.1 Å². The molecule has 1 aliphatic heterocycles. The summed E-state index contributed by atoms with van der Waals surface area (Å²) in [6.07, 6.45) is 4.20. The molecule has 1 aromatic carbocycles. The van der Waals surface area contributed by atoms with Crippen LogP contribution in [0.25, 0.3) is 11.0 Å². The molecule has 7 heteroatoms. The van der Waals surface area contributed by atoms with E-state index in [1.54, 1.807) is 0 Å². The maximum absolute atomic E-state index is 9.95. The molecule has 1 aliphatic rings. The van der Waals surface area contributed by atoms with E-state index >= 15 is 0 Å². The van der Waals surface area contributed by atoms with Gasteiger partial charge in [-0.2, -0.15) is 4.98 Å². The molecule has 0 spiro atoms. The van der Waals surface area contributed by atoms with E-state index in [9.17, 15) is 5.11 Å². The van der Waals surface area contributed by atoms with Gasteiger partial charge in [0.1, 0.15) is 11.6 Å². The molecular weight excluding hydrogens is 352 g/mol. The van der Waals surface area contributed by atoms with E-state index in [0.29, 0.717) is 6.54 Å². The van der Waals surface area contributed by atoms with Crippen LogP contribution in [0.5, 0.6) is 0 Å². The molecule has 28 heavy (non-hydrogen) atoms. The number of fused-ring (bicyclic) bond motifs is 1. The summed E-state index contributed by atoms with van der Waals surface area (Å²) in [5.41, 5.74) is 3.31. The zero-order valence-corrected chi connectivity index (χ0v) is 16.6. The average Bonchev–Trinajstić information content (AvgIpc) is 3.13. The van der Waals surface area contributed by atoms with Crippen molar-refractivity contribution in [2.45, 2.75) is 39.2 Å². The molecule has 2 N–H and O–H groups in total. The number of aliphatic hydroxyl groups is 1. The summed E-state index contributed by atoms with van der Waals surface area (Å²) in [4.78, 5) is 21.8. The topological polar surface area (TPSA) is 81.2 Å². The lowest BCUT2D eigenvalue weighted by Crippen LogP contribution is -2.39. The van der Waals surface area contributed by atoms with Gasteiger partial charge in [0, 0.05) is 38.8 Å². The molecule has 4 rings (SSSR count). The zero-order valence-electron chi connectivity index (χ0n) is 16.6. The highest BCUT2D eigenvalue weighted by atomic mass is 16.3. The molecule has 1 atom stereocenters. The Kier molecular flexibility index (Phi) is 5.43. The van der Waals surface area contributed by atoms with E-state index in [0.717, 1.165) is 67.5 Å². The molecule has 3 aromatic rings. The highest BCUT2D eigenvalue weighted by Crippen LogP contribution is 2.20. The largest absolute Gasteiger partial charge is 0.391 e. The van der Waals surface area contributed by atoms with Gasteiger partial charge in [0.2, 0.25) is 5.95 Å². The smallest absolute Gasteiger partial charge is 0.227 e. The number of anilines is 2. The predicted octanol–water partition coefficient (Wildman–Crippen LogP) is 2.69. The fraction of sp³-hybridized carbons (Fsp3) is 0.476. The summed E-state index contributed by atoms with van der Waals surface area (Å²) in [7, 11) is 0. The second-order valence-corrected chi connectivity index (χ2v) is 7.44. The molecule has 0 saturated carbocycles. The van der Waals surface area contributed by atoms with Crippen LogP contribution in [0.1, 0.15) is 31.2 Å². The van der Waals surface area contributed by atoms with E-state index in [2.05, 4.69) is 51.8 Å². The van der Waals surface area contributed by atoms with Crippen molar-refractivity contribution in [1.82, 2.24) is 19.9 Å². The van der Waals surface area contributed by atoms with Crippen LogP contribution >= 0.6 is 0 Å². The number of H-pyrrole nitrogens is 1. The van der Waals surface area contributed by atoms with Gasteiger partial charge in [-0.1, -0.05) is 12.1 Å². The number of aromatic nitrogens is 4. The first-order chi connectivity index (χ1) is 13.6. The zero-order chi connectivity index (χ0) is 19.5. The molecule has 1 fully saturated rings. The third kappa shape index (κ3) is 3.94. The van der Waals surface area contributed by atoms with Crippen LogP contribution < -0.4 is 9.80 Å². The number of aromatic amines is 1. The van der Waals surface area contributed by atoms with E-state index in [1.807, 2.05) is 12.3 Å². The molecule has 0 bridgehead atoms. The van der Waals surface area contributed by atoms with Gasteiger partial charge in [-0.25, -0.2) is 9.97 Å². The number of hydrogen-bond donors (Lipinski definition) is 2. The summed E-state index contributed by atoms with van der Waals surface area (Å²) in [5, 5.41) is 9.95. The number of piperidine rings is 1. The van der Waals surface area contributed by atoms with E-state index < -0.39 is 0 Å². The SMILES string of the molecule is CCN(CCc1nc2c(C)cccc2[nH]1)c1nccc(N2CCCC(O)C2)n1. The lowest BCUT2D eigenvalue weighted by atomic mass is 10.1. The number of para-hydroxylation sites is 1. The average molecular weight is 380 g/mol. The second-order valence-electron chi connectivity index (χ2n) is 7.44. The highest BCUT2D eigenvalue weighted by Gasteiger charge is 2.20. The van der Waals surface area contributed by atoms with E-state index in [4.69, 9.17) is 9.97 Å². The molecular formula is C21H28N6O. The number of benzene rings is 1. The molecule has 0 amide bonds. The van der Waals surface area contributed by atoms with E-state index in [-0.39, 0.29) is 6.10 Å². The number of nitrogens with zero attached hydrogens (tertiary/aromatic N) is 5. The van der Waals surface area contributed by atoms with Crippen molar-refractivity contribution in [2.75, 3.05) is 36.0 Å². The first-order valence-electron chi connectivity index (χ1n) is 10.1. The van der Waals surface area contributed by atoms with Crippen molar-refractivity contribution in [3.8, 4) is 0 Å². The van der Waals surface area contributed by atoms with Gasteiger partial charge in [-0.05, 0) is 44.4 Å². The first-order valence-corrected chi connectivity index (χ1v) is 10.1. The maximum Gasteiger partial charge on any atom is 0.227 e. The number of aryl methyl sites for hydroxylation is 1. The molecule has 1 saturated heterocycles.